The fourth-order valence-electron chi connectivity index (χ4n) is 1.75. The molecule has 0 aliphatic carbocycles. The van der Waals surface area contributed by atoms with E-state index in [0.29, 0.717) is 0 Å². The average Bonchev–Trinajstić information content (AvgIpc) is 2.39. The molecule has 0 unspecified atom stereocenters. The summed E-state index contributed by atoms with van der Waals surface area (Å²) in [5.41, 5.74) is 1.95. The molecule has 0 radical (unpaired) electrons. The highest BCUT2D eigenvalue weighted by atomic mass is 16.1. The van der Waals surface area contributed by atoms with Crippen molar-refractivity contribution in [3.05, 3.63) is 66.0 Å². The van der Waals surface area contributed by atoms with Crippen LogP contribution in [0.15, 0.2) is 54.9 Å². The number of aromatic nitrogens is 1. The lowest BCUT2D eigenvalue weighted by molar-refractivity contribution is -0.704. The van der Waals surface area contributed by atoms with Gasteiger partial charge in [0, 0.05) is 24.6 Å². The van der Waals surface area contributed by atoms with Crippen molar-refractivity contribution in [3.63, 3.8) is 0 Å². The van der Waals surface area contributed by atoms with Crippen molar-refractivity contribution in [1.29, 1.82) is 0 Å². The lowest BCUT2D eigenvalue weighted by Gasteiger charge is -2.06. The fourth-order valence-corrected chi connectivity index (χ4v) is 1.75. The second-order valence-corrected chi connectivity index (χ2v) is 4.23. The first-order valence-corrected chi connectivity index (χ1v) is 5.75. The molecule has 1 aromatic carbocycles. The number of hydrogen-bond donors (Lipinski definition) is 0. The number of benzene rings is 1. The number of hydrogen-bond acceptors (Lipinski definition) is 1. The molecule has 1 heterocycles. The minimum absolute atomic E-state index is 0.138. The number of carbonyl (C=O) groups is 1. The molecule has 0 aliphatic rings. The molecule has 0 N–H and O–H groups in total. The molecular weight excluding hydrogens is 210 g/mol. The molecule has 0 saturated heterocycles. The number of rotatable bonds is 3. The maximum Gasteiger partial charge on any atom is 0.230 e. The van der Waals surface area contributed by atoms with Crippen molar-refractivity contribution in [2.75, 3.05) is 0 Å². The summed E-state index contributed by atoms with van der Waals surface area (Å²) in [5, 5.41) is 0. The average molecular weight is 226 g/mol. The smallest absolute Gasteiger partial charge is 0.230 e. The zero-order valence-electron chi connectivity index (χ0n) is 10.1. The van der Waals surface area contributed by atoms with Gasteiger partial charge in [-0.05, 0) is 12.5 Å². The molecule has 1 atom stereocenters. The van der Waals surface area contributed by atoms with Crippen molar-refractivity contribution in [1.82, 2.24) is 0 Å². The summed E-state index contributed by atoms with van der Waals surface area (Å²) in [7, 11) is 0. The number of ketones is 1. The minimum Gasteiger partial charge on any atom is -0.287 e. The third-order valence-corrected chi connectivity index (χ3v) is 2.90. The summed E-state index contributed by atoms with van der Waals surface area (Å²) in [6.07, 6.45) is 3.89. The van der Waals surface area contributed by atoms with Gasteiger partial charge in [0.1, 0.15) is 0 Å². The first kappa shape index (κ1) is 11.5. The predicted molar refractivity (Wildman–Crippen MR) is 66.9 cm³/mol. The zero-order valence-corrected chi connectivity index (χ0v) is 10.1. The van der Waals surface area contributed by atoms with Crippen LogP contribution in [0.1, 0.15) is 28.9 Å². The van der Waals surface area contributed by atoms with E-state index in [4.69, 9.17) is 0 Å². The van der Waals surface area contributed by atoms with Crippen molar-refractivity contribution in [2.24, 2.45) is 0 Å². The van der Waals surface area contributed by atoms with Gasteiger partial charge in [-0.3, -0.25) is 4.79 Å². The molecule has 0 fully saturated rings. The van der Waals surface area contributed by atoms with Crippen LogP contribution in [0.4, 0.5) is 0 Å². The lowest BCUT2D eigenvalue weighted by Crippen LogP contribution is -2.41. The Labute approximate surface area is 102 Å². The second-order valence-electron chi connectivity index (χ2n) is 4.23. The maximum atomic E-state index is 12.2. The van der Waals surface area contributed by atoms with Gasteiger partial charge in [0.05, 0.1) is 0 Å². The van der Waals surface area contributed by atoms with Crippen molar-refractivity contribution in [3.8, 4) is 0 Å². The summed E-state index contributed by atoms with van der Waals surface area (Å²) in [6, 6.07) is 13.3. The van der Waals surface area contributed by atoms with Gasteiger partial charge < -0.3 is 0 Å². The van der Waals surface area contributed by atoms with Crippen LogP contribution in [0.5, 0.6) is 0 Å². The molecule has 1 aromatic heterocycles. The lowest BCUT2D eigenvalue weighted by atomic mass is 10.1. The van der Waals surface area contributed by atoms with E-state index in [9.17, 15) is 4.79 Å². The Bertz CT molecular complexity index is 502. The van der Waals surface area contributed by atoms with Crippen molar-refractivity contribution >= 4 is 5.78 Å². The Morgan fingerprint density at radius 1 is 1.06 bits per heavy atom. The van der Waals surface area contributed by atoms with E-state index < -0.39 is 0 Å². The van der Waals surface area contributed by atoms with E-state index in [0.717, 1.165) is 5.56 Å². The second kappa shape index (κ2) is 4.91. The third kappa shape index (κ3) is 2.59. The van der Waals surface area contributed by atoms with Gasteiger partial charge >= 0.3 is 0 Å². The van der Waals surface area contributed by atoms with Gasteiger partial charge in [0.25, 0.3) is 0 Å². The molecule has 2 rings (SSSR count). The first-order valence-electron chi connectivity index (χ1n) is 5.75. The molecule has 2 heteroatoms. The van der Waals surface area contributed by atoms with Gasteiger partial charge in [-0.25, -0.2) is 0 Å². The number of carbonyl (C=O) groups excluding carboxylic acids is 1. The molecule has 0 aliphatic heterocycles. The van der Waals surface area contributed by atoms with Crippen LogP contribution in [0.3, 0.4) is 0 Å². The number of aryl methyl sites for hydroxylation is 1. The molecule has 0 spiro atoms. The highest BCUT2D eigenvalue weighted by molar-refractivity contribution is 5.97. The number of pyridine rings is 1. The first-order chi connectivity index (χ1) is 8.18. The van der Waals surface area contributed by atoms with Crippen LogP contribution in [0.25, 0.3) is 0 Å². The van der Waals surface area contributed by atoms with Crippen molar-refractivity contribution < 1.29 is 9.36 Å². The Hall–Kier alpha value is -1.96. The Kier molecular flexibility index (Phi) is 3.33. The summed E-state index contributed by atoms with van der Waals surface area (Å²) >= 11 is 0. The van der Waals surface area contributed by atoms with Crippen LogP contribution in [-0.4, -0.2) is 5.78 Å². The summed E-state index contributed by atoms with van der Waals surface area (Å²) < 4.78 is 1.93. The molecule has 0 amide bonds. The minimum atomic E-state index is -0.169. The van der Waals surface area contributed by atoms with Crippen LogP contribution in [0, 0.1) is 6.92 Å². The van der Waals surface area contributed by atoms with E-state index in [2.05, 4.69) is 0 Å². The largest absolute Gasteiger partial charge is 0.287 e. The summed E-state index contributed by atoms with van der Waals surface area (Å²) in [6.45, 7) is 3.96. The van der Waals surface area contributed by atoms with Gasteiger partial charge in [-0.15, -0.1) is 0 Å². The van der Waals surface area contributed by atoms with Gasteiger partial charge in [0.2, 0.25) is 11.8 Å². The fraction of sp³-hybridized carbons (Fsp3) is 0.200. The zero-order chi connectivity index (χ0) is 12.3. The van der Waals surface area contributed by atoms with Crippen LogP contribution < -0.4 is 4.57 Å². The predicted octanol–water partition coefficient (Wildman–Crippen LogP) is 2.73. The topological polar surface area (TPSA) is 20.9 Å². The summed E-state index contributed by atoms with van der Waals surface area (Å²) in [4.78, 5) is 12.2. The van der Waals surface area contributed by atoms with Gasteiger partial charge in [0.15, 0.2) is 12.4 Å². The normalized spacial score (nSPS) is 12.1. The number of nitrogens with zero attached hydrogens (tertiary/aromatic N) is 1. The Morgan fingerprint density at radius 2 is 1.65 bits per heavy atom. The molecule has 86 valence electrons. The van der Waals surface area contributed by atoms with E-state index >= 15 is 0 Å². The van der Waals surface area contributed by atoms with Crippen LogP contribution in [-0.2, 0) is 0 Å². The highest BCUT2D eigenvalue weighted by Gasteiger charge is 2.22. The SMILES string of the molecule is Cc1cc[n+]([C@@H](C)C(=O)c2ccccc2)cc1. The number of Topliss-reactive ketones (excluding diaryl/α,β-unsaturated/α-hetero) is 1. The van der Waals surface area contributed by atoms with E-state index in [1.807, 2.05) is 73.3 Å². The quantitative estimate of drug-likeness (QED) is 0.582. The standard InChI is InChI=1S/C15H16NO/c1-12-8-10-16(11-9-12)13(2)15(17)14-6-4-3-5-7-14/h3-11,13H,1-2H3/q+1/t13-/m0/s1. The van der Waals surface area contributed by atoms with Gasteiger partial charge in [-0.2, -0.15) is 4.57 Å². The van der Waals surface area contributed by atoms with Crippen LogP contribution in [0.2, 0.25) is 0 Å². The van der Waals surface area contributed by atoms with Crippen LogP contribution >= 0.6 is 0 Å². The van der Waals surface area contributed by atoms with E-state index in [1.165, 1.54) is 5.56 Å². The Morgan fingerprint density at radius 3 is 2.24 bits per heavy atom. The molecule has 2 aromatic rings. The van der Waals surface area contributed by atoms with E-state index in [-0.39, 0.29) is 11.8 Å². The summed E-state index contributed by atoms with van der Waals surface area (Å²) in [5.74, 6) is 0.138. The molecule has 2 nitrogen and oxygen atoms in total. The molecule has 0 saturated carbocycles. The maximum absolute atomic E-state index is 12.2. The molecule has 0 bridgehead atoms. The molecule has 17 heavy (non-hydrogen) atoms. The highest BCUT2D eigenvalue weighted by Crippen LogP contribution is 2.08. The molecular formula is C15H16NO+. The monoisotopic (exact) mass is 226 g/mol. The van der Waals surface area contributed by atoms with Gasteiger partial charge in [-0.1, -0.05) is 30.3 Å². The Balaban J connectivity index is 2.23. The van der Waals surface area contributed by atoms with E-state index in [1.54, 1.807) is 0 Å². The van der Waals surface area contributed by atoms with Crippen molar-refractivity contribution in [2.45, 2.75) is 19.9 Å². The third-order valence-electron chi connectivity index (χ3n) is 2.90.